The predicted octanol–water partition coefficient (Wildman–Crippen LogP) is 2.99. The lowest BCUT2D eigenvalue weighted by Crippen LogP contribution is -2.11. The highest BCUT2D eigenvalue weighted by Gasteiger charge is 2.01. The highest BCUT2D eigenvalue weighted by Crippen LogP contribution is 2.15. The quantitative estimate of drug-likeness (QED) is 0.833. The van der Waals surface area contributed by atoms with Gasteiger partial charge in [-0.25, -0.2) is 0 Å². The second kappa shape index (κ2) is 4.19. The van der Waals surface area contributed by atoms with Gasteiger partial charge in [-0.15, -0.1) is 0 Å². The first-order valence-electron chi connectivity index (χ1n) is 4.95. The van der Waals surface area contributed by atoms with Crippen LogP contribution in [0.15, 0.2) is 29.1 Å². The van der Waals surface area contributed by atoms with Crippen LogP contribution in [0.4, 0.5) is 0 Å². The largest absolute Gasteiger partial charge is 0.322 e. The van der Waals surface area contributed by atoms with Crippen LogP contribution in [0, 0.1) is 0 Å². The summed E-state index contributed by atoms with van der Waals surface area (Å²) >= 11 is 3.40. The van der Waals surface area contributed by atoms with Crippen LogP contribution >= 0.6 is 15.9 Å². The van der Waals surface area contributed by atoms with E-state index in [2.05, 4.69) is 27.0 Å². The molecule has 0 aliphatic carbocycles. The summed E-state index contributed by atoms with van der Waals surface area (Å²) < 4.78 is 0. The van der Waals surface area contributed by atoms with E-state index in [9.17, 15) is 4.79 Å². The molecule has 15 heavy (non-hydrogen) atoms. The van der Waals surface area contributed by atoms with Crippen molar-refractivity contribution in [3.05, 3.63) is 45.7 Å². The lowest BCUT2D eigenvalue weighted by Gasteiger charge is -2.02. The van der Waals surface area contributed by atoms with Gasteiger partial charge >= 0.3 is 0 Å². The van der Waals surface area contributed by atoms with E-state index in [1.165, 1.54) is 5.56 Å². The van der Waals surface area contributed by atoms with Crippen molar-refractivity contribution >= 4 is 26.8 Å². The van der Waals surface area contributed by atoms with Gasteiger partial charge in [-0.05, 0) is 29.5 Å². The summed E-state index contributed by atoms with van der Waals surface area (Å²) in [7, 11) is 0. The van der Waals surface area contributed by atoms with Gasteiger partial charge in [0.1, 0.15) is 0 Å². The number of rotatable bonds is 2. The van der Waals surface area contributed by atoms with Crippen molar-refractivity contribution < 1.29 is 0 Å². The molecule has 2 nitrogen and oxygen atoms in total. The number of pyridine rings is 1. The van der Waals surface area contributed by atoms with Crippen molar-refractivity contribution in [2.75, 3.05) is 0 Å². The van der Waals surface area contributed by atoms with Gasteiger partial charge < -0.3 is 4.98 Å². The molecular formula is C12H12BrNO. The maximum atomic E-state index is 11.6. The van der Waals surface area contributed by atoms with Crippen LogP contribution in [0.3, 0.4) is 0 Å². The van der Waals surface area contributed by atoms with Gasteiger partial charge in [0.2, 0.25) is 0 Å². The molecule has 2 rings (SSSR count). The van der Waals surface area contributed by atoms with Gasteiger partial charge in [0.15, 0.2) is 0 Å². The van der Waals surface area contributed by atoms with Crippen LogP contribution in [0.25, 0.3) is 10.9 Å². The average Bonchev–Trinajstić information content (AvgIpc) is 2.27. The van der Waals surface area contributed by atoms with Crippen molar-refractivity contribution in [1.29, 1.82) is 0 Å². The van der Waals surface area contributed by atoms with Gasteiger partial charge in [0.25, 0.3) is 5.56 Å². The van der Waals surface area contributed by atoms with Gasteiger partial charge in [-0.1, -0.05) is 35.0 Å². The molecule has 2 aromatic rings. The van der Waals surface area contributed by atoms with Crippen molar-refractivity contribution in [3.8, 4) is 0 Å². The summed E-state index contributed by atoms with van der Waals surface area (Å²) in [4.78, 5) is 14.5. The van der Waals surface area contributed by atoms with Gasteiger partial charge in [0, 0.05) is 16.4 Å². The molecule has 0 saturated heterocycles. The van der Waals surface area contributed by atoms with Crippen molar-refractivity contribution in [3.63, 3.8) is 0 Å². The molecule has 1 aromatic carbocycles. The molecule has 3 heteroatoms. The third kappa shape index (κ3) is 1.97. The Morgan fingerprint density at radius 2 is 2.13 bits per heavy atom. The van der Waals surface area contributed by atoms with E-state index in [4.69, 9.17) is 0 Å². The molecule has 1 heterocycles. The number of nitrogens with one attached hydrogen (secondary N) is 1. The smallest absolute Gasteiger partial charge is 0.251 e. The molecule has 0 radical (unpaired) electrons. The Bertz CT molecular complexity index is 545. The SMILES string of the molecule is CCc1cc2ccc(CBr)cc2[nH]c1=O. The van der Waals surface area contributed by atoms with E-state index in [1.54, 1.807) is 0 Å². The van der Waals surface area contributed by atoms with E-state index in [0.29, 0.717) is 0 Å². The molecule has 0 bridgehead atoms. The highest BCUT2D eigenvalue weighted by molar-refractivity contribution is 9.08. The average molecular weight is 266 g/mol. The monoisotopic (exact) mass is 265 g/mol. The van der Waals surface area contributed by atoms with Gasteiger partial charge in [-0.2, -0.15) is 0 Å². The number of halogens is 1. The summed E-state index contributed by atoms with van der Waals surface area (Å²) in [6, 6.07) is 8.08. The zero-order valence-electron chi connectivity index (χ0n) is 8.51. The molecule has 0 fully saturated rings. The van der Waals surface area contributed by atoms with Crippen LogP contribution in [-0.2, 0) is 11.8 Å². The van der Waals surface area contributed by atoms with Crippen molar-refractivity contribution in [2.45, 2.75) is 18.7 Å². The number of fused-ring (bicyclic) bond motifs is 1. The molecule has 0 aliphatic rings. The number of aryl methyl sites for hydroxylation is 1. The zero-order chi connectivity index (χ0) is 10.8. The molecule has 1 aromatic heterocycles. The lowest BCUT2D eigenvalue weighted by atomic mass is 10.1. The number of hydrogen-bond donors (Lipinski definition) is 1. The van der Waals surface area contributed by atoms with E-state index >= 15 is 0 Å². The minimum absolute atomic E-state index is 0.0247. The molecule has 0 atom stereocenters. The number of benzene rings is 1. The van der Waals surface area contributed by atoms with E-state index in [0.717, 1.165) is 28.2 Å². The highest BCUT2D eigenvalue weighted by atomic mass is 79.9. The van der Waals surface area contributed by atoms with Crippen molar-refractivity contribution in [2.24, 2.45) is 0 Å². The molecule has 0 amide bonds. The van der Waals surface area contributed by atoms with Gasteiger partial charge in [0.05, 0.1) is 0 Å². The molecule has 0 aliphatic heterocycles. The molecular weight excluding hydrogens is 254 g/mol. The maximum Gasteiger partial charge on any atom is 0.251 e. The van der Waals surface area contributed by atoms with Crippen LogP contribution in [0.1, 0.15) is 18.1 Å². The van der Waals surface area contributed by atoms with E-state index in [1.807, 2.05) is 25.1 Å². The standard InChI is InChI=1S/C12H12BrNO/c1-2-9-6-10-4-3-8(7-13)5-11(10)14-12(9)15/h3-6H,2,7H2,1H3,(H,14,15). The molecule has 0 saturated carbocycles. The molecule has 1 N–H and O–H groups in total. The Hall–Kier alpha value is -1.09. The van der Waals surface area contributed by atoms with Crippen LogP contribution < -0.4 is 5.56 Å². The summed E-state index contributed by atoms with van der Waals surface area (Å²) in [6.45, 7) is 1.99. The minimum atomic E-state index is 0.0247. The predicted molar refractivity (Wildman–Crippen MR) is 66.6 cm³/mol. The second-order valence-corrected chi connectivity index (χ2v) is 4.09. The number of aromatic nitrogens is 1. The number of aromatic amines is 1. The second-order valence-electron chi connectivity index (χ2n) is 3.53. The lowest BCUT2D eigenvalue weighted by molar-refractivity contribution is 1.08. The van der Waals surface area contributed by atoms with Crippen LogP contribution in [0.5, 0.6) is 0 Å². The maximum absolute atomic E-state index is 11.6. The third-order valence-corrected chi connectivity index (χ3v) is 3.17. The summed E-state index contributed by atoms with van der Waals surface area (Å²) in [5.74, 6) is 0. The number of alkyl halides is 1. The normalized spacial score (nSPS) is 10.8. The fourth-order valence-corrected chi connectivity index (χ4v) is 1.99. The Morgan fingerprint density at radius 1 is 1.33 bits per heavy atom. The summed E-state index contributed by atoms with van der Waals surface area (Å²) in [6.07, 6.45) is 0.769. The summed E-state index contributed by atoms with van der Waals surface area (Å²) in [5, 5.41) is 1.90. The zero-order valence-corrected chi connectivity index (χ0v) is 10.1. The Labute approximate surface area is 96.5 Å². The number of hydrogen-bond acceptors (Lipinski definition) is 1. The molecule has 0 unspecified atom stereocenters. The van der Waals surface area contributed by atoms with Crippen molar-refractivity contribution in [1.82, 2.24) is 4.98 Å². The Morgan fingerprint density at radius 3 is 2.80 bits per heavy atom. The topological polar surface area (TPSA) is 32.9 Å². The van der Waals surface area contributed by atoms with E-state index in [-0.39, 0.29) is 5.56 Å². The first-order valence-corrected chi connectivity index (χ1v) is 6.07. The third-order valence-electron chi connectivity index (χ3n) is 2.52. The first kappa shape index (κ1) is 10.4. The molecule has 0 spiro atoms. The van der Waals surface area contributed by atoms with Crippen LogP contribution in [0.2, 0.25) is 0 Å². The molecule has 78 valence electrons. The minimum Gasteiger partial charge on any atom is -0.322 e. The first-order chi connectivity index (χ1) is 7.24. The number of H-pyrrole nitrogens is 1. The Kier molecular flexibility index (Phi) is 2.91. The van der Waals surface area contributed by atoms with Gasteiger partial charge in [-0.3, -0.25) is 4.79 Å². The van der Waals surface area contributed by atoms with E-state index < -0.39 is 0 Å². The summed E-state index contributed by atoms with van der Waals surface area (Å²) in [5.41, 5.74) is 2.95. The fourth-order valence-electron chi connectivity index (χ4n) is 1.64. The fraction of sp³-hybridized carbons (Fsp3) is 0.250. The Balaban J connectivity index is 2.70. The van der Waals surface area contributed by atoms with Crippen LogP contribution in [-0.4, -0.2) is 4.98 Å².